The molecule has 112 valence electrons. The highest BCUT2D eigenvalue weighted by Gasteiger charge is 2.56. The van der Waals surface area contributed by atoms with E-state index in [-0.39, 0.29) is 24.2 Å². The van der Waals surface area contributed by atoms with E-state index < -0.39 is 5.41 Å². The zero-order valence-electron chi connectivity index (χ0n) is 13.0. The molecule has 0 aliphatic heterocycles. The van der Waals surface area contributed by atoms with E-state index in [1.807, 2.05) is 20.8 Å². The van der Waals surface area contributed by atoms with E-state index in [1.54, 1.807) is 0 Å². The Labute approximate surface area is 126 Å². The van der Waals surface area contributed by atoms with Crippen LogP contribution in [0.1, 0.15) is 44.2 Å². The van der Waals surface area contributed by atoms with Crippen LogP contribution in [0.25, 0.3) is 0 Å². The van der Waals surface area contributed by atoms with Crippen LogP contribution in [0.4, 0.5) is 0 Å². The number of rotatable bonds is 3. The molecular weight excluding hydrogens is 262 g/mol. The Kier molecular flexibility index (Phi) is 3.39. The number of amides is 1. The molecule has 2 aliphatic carbocycles. The molecule has 0 radical (unpaired) electrons. The van der Waals surface area contributed by atoms with Crippen molar-refractivity contribution in [3.63, 3.8) is 0 Å². The first-order chi connectivity index (χ1) is 9.89. The predicted octanol–water partition coefficient (Wildman–Crippen LogP) is 2.69. The highest BCUT2D eigenvalue weighted by Crippen LogP contribution is 2.59. The molecule has 3 atom stereocenters. The van der Waals surface area contributed by atoms with Gasteiger partial charge in [0, 0.05) is 11.3 Å². The fourth-order valence-corrected chi connectivity index (χ4v) is 3.47. The molecule has 3 heteroatoms. The zero-order valence-corrected chi connectivity index (χ0v) is 13.0. The number of carbonyl (C=O) groups is 2. The maximum atomic E-state index is 12.3. The lowest BCUT2D eigenvalue weighted by Crippen LogP contribution is -2.36. The van der Waals surface area contributed by atoms with Gasteiger partial charge in [0.2, 0.25) is 5.91 Å². The number of carbonyl (C=O) groups excluding carboxylic acids is 2. The van der Waals surface area contributed by atoms with Crippen LogP contribution in [-0.2, 0) is 16.0 Å². The Morgan fingerprint density at radius 2 is 1.95 bits per heavy atom. The van der Waals surface area contributed by atoms with E-state index in [0.29, 0.717) is 11.8 Å². The van der Waals surface area contributed by atoms with Gasteiger partial charge in [-0.1, -0.05) is 45.0 Å². The topological polar surface area (TPSA) is 46.2 Å². The van der Waals surface area contributed by atoms with Crippen molar-refractivity contribution in [1.82, 2.24) is 5.32 Å². The number of aryl methyl sites for hydroxylation is 1. The maximum absolute atomic E-state index is 12.3. The Morgan fingerprint density at radius 3 is 2.67 bits per heavy atom. The van der Waals surface area contributed by atoms with Crippen LogP contribution in [0.5, 0.6) is 0 Å². The Morgan fingerprint density at radius 1 is 1.24 bits per heavy atom. The number of hydrogen-bond donors (Lipinski definition) is 1. The molecule has 21 heavy (non-hydrogen) atoms. The summed E-state index contributed by atoms with van der Waals surface area (Å²) in [6.07, 6.45) is 2.16. The zero-order chi connectivity index (χ0) is 15.2. The first-order valence-corrected chi connectivity index (χ1v) is 7.78. The maximum Gasteiger partial charge on any atom is 0.224 e. The van der Waals surface area contributed by atoms with Gasteiger partial charge in [-0.15, -0.1) is 0 Å². The van der Waals surface area contributed by atoms with Crippen LogP contribution in [0.3, 0.4) is 0 Å². The first kappa shape index (κ1) is 14.3. The van der Waals surface area contributed by atoms with Gasteiger partial charge in [0.15, 0.2) is 5.78 Å². The van der Waals surface area contributed by atoms with Crippen molar-refractivity contribution in [1.29, 1.82) is 0 Å². The summed E-state index contributed by atoms with van der Waals surface area (Å²) in [4.78, 5) is 24.3. The third kappa shape index (κ3) is 2.61. The van der Waals surface area contributed by atoms with Gasteiger partial charge in [0.1, 0.15) is 0 Å². The molecule has 1 amide bonds. The summed E-state index contributed by atoms with van der Waals surface area (Å²) in [5.74, 6) is 1.06. The second-order valence-electron chi connectivity index (χ2n) is 7.34. The smallest absolute Gasteiger partial charge is 0.224 e. The van der Waals surface area contributed by atoms with Crippen LogP contribution in [0, 0.1) is 17.3 Å². The molecule has 2 aliphatic rings. The molecule has 0 heterocycles. The fourth-order valence-electron chi connectivity index (χ4n) is 3.47. The van der Waals surface area contributed by atoms with Gasteiger partial charge in [-0.25, -0.2) is 0 Å². The van der Waals surface area contributed by atoms with Crippen molar-refractivity contribution in [2.45, 2.75) is 39.5 Å². The van der Waals surface area contributed by atoms with Crippen molar-refractivity contribution < 1.29 is 9.59 Å². The number of benzene rings is 1. The van der Waals surface area contributed by atoms with Gasteiger partial charge in [-0.2, -0.15) is 0 Å². The van der Waals surface area contributed by atoms with Crippen LogP contribution in [0.15, 0.2) is 24.3 Å². The van der Waals surface area contributed by atoms with Crippen molar-refractivity contribution in [2.75, 3.05) is 6.54 Å². The summed E-state index contributed by atoms with van der Waals surface area (Å²) in [5, 5.41) is 2.85. The minimum Gasteiger partial charge on any atom is -0.349 e. The lowest BCUT2D eigenvalue weighted by atomic mass is 9.91. The lowest BCUT2D eigenvalue weighted by molar-refractivity contribution is -0.129. The minimum absolute atomic E-state index is 0.0549. The second-order valence-corrected chi connectivity index (χ2v) is 7.34. The normalized spacial score (nSPS) is 26.5. The molecule has 1 aromatic rings. The number of nitrogens with one attached hydrogen (secondary N) is 1. The molecule has 3 rings (SSSR count). The monoisotopic (exact) mass is 285 g/mol. The summed E-state index contributed by atoms with van der Waals surface area (Å²) in [6.45, 7) is 5.80. The molecule has 0 aromatic heterocycles. The van der Waals surface area contributed by atoms with E-state index in [1.165, 1.54) is 11.1 Å². The van der Waals surface area contributed by atoms with E-state index >= 15 is 0 Å². The summed E-state index contributed by atoms with van der Waals surface area (Å²) in [7, 11) is 0. The number of Topliss-reactive ketones (excluding diaryl/α,β-unsaturated/α-hetero) is 1. The average molecular weight is 285 g/mol. The van der Waals surface area contributed by atoms with Crippen molar-refractivity contribution in [2.24, 2.45) is 17.3 Å². The summed E-state index contributed by atoms with van der Waals surface area (Å²) < 4.78 is 0. The number of ketones is 1. The van der Waals surface area contributed by atoms with Crippen LogP contribution >= 0.6 is 0 Å². The van der Waals surface area contributed by atoms with Crippen LogP contribution in [0.2, 0.25) is 0 Å². The Hall–Kier alpha value is -1.64. The Bertz CT molecular complexity index is 585. The summed E-state index contributed by atoms with van der Waals surface area (Å²) in [6, 6.07) is 8.44. The molecule has 0 saturated heterocycles. The number of fused-ring (bicyclic) bond motifs is 3. The fraction of sp³-hybridized carbons (Fsp3) is 0.556. The third-order valence-corrected chi connectivity index (χ3v) is 4.89. The van der Waals surface area contributed by atoms with Crippen molar-refractivity contribution in [3.05, 3.63) is 35.4 Å². The van der Waals surface area contributed by atoms with Gasteiger partial charge in [-0.05, 0) is 35.8 Å². The molecule has 0 spiro atoms. The van der Waals surface area contributed by atoms with Gasteiger partial charge in [-0.3, -0.25) is 9.59 Å². The summed E-state index contributed by atoms with van der Waals surface area (Å²) >= 11 is 0. The quantitative estimate of drug-likeness (QED) is 0.928. The van der Waals surface area contributed by atoms with Gasteiger partial charge >= 0.3 is 0 Å². The van der Waals surface area contributed by atoms with Gasteiger partial charge < -0.3 is 5.32 Å². The molecular formula is C18H23NO2. The number of hydrogen-bond acceptors (Lipinski definition) is 2. The molecule has 1 N–H and O–H groups in total. The van der Waals surface area contributed by atoms with Gasteiger partial charge in [0.05, 0.1) is 6.54 Å². The highest BCUT2D eigenvalue weighted by molar-refractivity contribution is 5.91. The SMILES string of the molecule is CC(C)(C)C(=O)CNC(=O)C1C2CCc3ccccc3C21. The van der Waals surface area contributed by atoms with E-state index in [9.17, 15) is 9.59 Å². The largest absolute Gasteiger partial charge is 0.349 e. The molecule has 1 saturated carbocycles. The third-order valence-electron chi connectivity index (χ3n) is 4.89. The average Bonchev–Trinajstić information content (AvgIpc) is 3.18. The summed E-state index contributed by atoms with van der Waals surface area (Å²) in [5.41, 5.74) is 2.34. The van der Waals surface area contributed by atoms with E-state index in [4.69, 9.17) is 0 Å². The Balaban J connectivity index is 1.63. The molecule has 3 nitrogen and oxygen atoms in total. The van der Waals surface area contributed by atoms with Crippen LogP contribution in [-0.4, -0.2) is 18.2 Å². The van der Waals surface area contributed by atoms with E-state index in [2.05, 4.69) is 29.6 Å². The van der Waals surface area contributed by atoms with Crippen LogP contribution < -0.4 is 5.32 Å². The first-order valence-electron chi connectivity index (χ1n) is 7.78. The lowest BCUT2D eigenvalue weighted by Gasteiger charge is -2.16. The molecule has 1 fully saturated rings. The van der Waals surface area contributed by atoms with Crippen molar-refractivity contribution in [3.8, 4) is 0 Å². The molecule has 3 unspecified atom stereocenters. The standard InChI is InChI=1S/C18H23NO2/c1-18(2,3)14(20)10-19-17(21)16-13-9-8-11-6-4-5-7-12(11)15(13)16/h4-7,13,15-16H,8-10H2,1-3H3,(H,19,21). The second kappa shape index (κ2) is 4.97. The highest BCUT2D eigenvalue weighted by atomic mass is 16.2. The molecule has 1 aromatic carbocycles. The van der Waals surface area contributed by atoms with Gasteiger partial charge in [0.25, 0.3) is 0 Å². The minimum atomic E-state index is -0.393. The van der Waals surface area contributed by atoms with E-state index in [0.717, 1.165) is 12.8 Å². The molecule has 0 bridgehead atoms. The van der Waals surface area contributed by atoms with Crippen molar-refractivity contribution >= 4 is 11.7 Å². The predicted molar refractivity (Wildman–Crippen MR) is 82.0 cm³/mol.